The maximum Gasteiger partial charge on any atom is 0.142 e. The fourth-order valence-electron chi connectivity index (χ4n) is 1.31. The number of anilines is 1. The van der Waals surface area contributed by atoms with E-state index in [1.807, 2.05) is 31.2 Å². The number of para-hydroxylation sites is 2. The van der Waals surface area contributed by atoms with Crippen LogP contribution in [0, 0.1) is 12.3 Å². The zero-order valence-electron chi connectivity index (χ0n) is 9.12. The Morgan fingerprint density at radius 3 is 2.93 bits per heavy atom. The molecule has 0 unspecified atom stereocenters. The highest BCUT2D eigenvalue weighted by Crippen LogP contribution is 2.23. The number of unbranched alkanes of at least 4 members (excludes halogenated alkanes) is 1. The predicted molar refractivity (Wildman–Crippen MR) is 64.2 cm³/mol. The SMILES string of the molecule is C#CCCCNc1ccccc1OCC. The second-order valence-corrected chi connectivity index (χ2v) is 3.16. The Labute approximate surface area is 91.6 Å². The van der Waals surface area contributed by atoms with E-state index in [2.05, 4.69) is 11.2 Å². The van der Waals surface area contributed by atoms with E-state index in [1.54, 1.807) is 0 Å². The summed E-state index contributed by atoms with van der Waals surface area (Å²) in [5, 5.41) is 3.31. The molecule has 0 aliphatic heterocycles. The molecule has 0 amide bonds. The van der Waals surface area contributed by atoms with Crippen molar-refractivity contribution in [3.63, 3.8) is 0 Å². The van der Waals surface area contributed by atoms with Gasteiger partial charge in [0, 0.05) is 13.0 Å². The third kappa shape index (κ3) is 3.95. The molecule has 15 heavy (non-hydrogen) atoms. The number of nitrogens with one attached hydrogen (secondary N) is 1. The molecular weight excluding hydrogens is 186 g/mol. The summed E-state index contributed by atoms with van der Waals surface area (Å²) in [4.78, 5) is 0. The Balaban J connectivity index is 2.48. The van der Waals surface area contributed by atoms with Gasteiger partial charge in [0.05, 0.1) is 12.3 Å². The molecule has 2 nitrogen and oxygen atoms in total. The first-order valence-electron chi connectivity index (χ1n) is 5.27. The Hall–Kier alpha value is -1.62. The highest BCUT2D eigenvalue weighted by Gasteiger charge is 1.99. The second-order valence-electron chi connectivity index (χ2n) is 3.16. The molecule has 1 aromatic rings. The predicted octanol–water partition coefficient (Wildman–Crippen LogP) is 2.91. The lowest BCUT2D eigenvalue weighted by Gasteiger charge is -2.11. The molecule has 0 radical (unpaired) electrons. The summed E-state index contributed by atoms with van der Waals surface area (Å²) in [5.74, 6) is 3.53. The van der Waals surface area contributed by atoms with Crippen LogP contribution in [0.15, 0.2) is 24.3 Å². The first-order chi connectivity index (χ1) is 7.38. The van der Waals surface area contributed by atoms with Gasteiger partial charge >= 0.3 is 0 Å². The summed E-state index contributed by atoms with van der Waals surface area (Å²) in [6, 6.07) is 7.94. The van der Waals surface area contributed by atoms with E-state index < -0.39 is 0 Å². The van der Waals surface area contributed by atoms with Crippen molar-refractivity contribution in [2.75, 3.05) is 18.5 Å². The summed E-state index contributed by atoms with van der Waals surface area (Å²) in [5.41, 5.74) is 1.04. The van der Waals surface area contributed by atoms with Crippen LogP contribution >= 0.6 is 0 Å². The van der Waals surface area contributed by atoms with Crippen molar-refractivity contribution in [2.24, 2.45) is 0 Å². The molecule has 0 fully saturated rings. The van der Waals surface area contributed by atoms with Gasteiger partial charge in [0.1, 0.15) is 5.75 Å². The molecule has 0 aliphatic rings. The number of terminal acetylenes is 1. The largest absolute Gasteiger partial charge is 0.492 e. The minimum atomic E-state index is 0.684. The normalized spacial score (nSPS) is 9.33. The topological polar surface area (TPSA) is 21.3 Å². The first kappa shape index (κ1) is 11.5. The van der Waals surface area contributed by atoms with Crippen molar-refractivity contribution in [1.82, 2.24) is 0 Å². The van der Waals surface area contributed by atoms with Gasteiger partial charge in [0.15, 0.2) is 0 Å². The molecule has 0 aliphatic carbocycles. The summed E-state index contributed by atoms with van der Waals surface area (Å²) < 4.78 is 5.49. The van der Waals surface area contributed by atoms with Crippen LogP contribution in [-0.4, -0.2) is 13.2 Å². The van der Waals surface area contributed by atoms with Crippen molar-refractivity contribution < 1.29 is 4.74 Å². The van der Waals surface area contributed by atoms with Crippen LogP contribution in [0.3, 0.4) is 0 Å². The lowest BCUT2D eigenvalue weighted by Crippen LogP contribution is -2.03. The van der Waals surface area contributed by atoms with Gasteiger partial charge in [-0.25, -0.2) is 0 Å². The van der Waals surface area contributed by atoms with Gasteiger partial charge in [0.2, 0.25) is 0 Å². The second kappa shape index (κ2) is 6.78. The molecule has 2 heteroatoms. The van der Waals surface area contributed by atoms with Crippen molar-refractivity contribution in [2.45, 2.75) is 19.8 Å². The van der Waals surface area contributed by atoms with E-state index in [9.17, 15) is 0 Å². The first-order valence-corrected chi connectivity index (χ1v) is 5.27. The van der Waals surface area contributed by atoms with Gasteiger partial charge in [-0.2, -0.15) is 0 Å². The number of ether oxygens (including phenoxy) is 1. The Kier molecular flexibility index (Phi) is 5.18. The van der Waals surface area contributed by atoms with Crippen molar-refractivity contribution in [3.8, 4) is 18.1 Å². The lowest BCUT2D eigenvalue weighted by molar-refractivity contribution is 0.341. The summed E-state index contributed by atoms with van der Waals surface area (Å²) >= 11 is 0. The summed E-state index contributed by atoms with van der Waals surface area (Å²) in [6.45, 7) is 3.55. The summed E-state index contributed by atoms with van der Waals surface area (Å²) in [7, 11) is 0. The standard InChI is InChI=1S/C13H17NO/c1-3-5-8-11-14-12-9-6-7-10-13(12)15-4-2/h1,6-7,9-10,14H,4-5,8,11H2,2H3. The molecule has 0 bridgehead atoms. The third-order valence-electron chi connectivity index (χ3n) is 2.00. The van der Waals surface area contributed by atoms with Crippen LogP contribution in [0.1, 0.15) is 19.8 Å². The molecule has 1 N–H and O–H groups in total. The smallest absolute Gasteiger partial charge is 0.142 e. The molecule has 0 saturated carbocycles. The van der Waals surface area contributed by atoms with E-state index in [1.165, 1.54) is 0 Å². The molecule has 1 aromatic carbocycles. The van der Waals surface area contributed by atoms with E-state index in [4.69, 9.17) is 11.2 Å². The zero-order valence-corrected chi connectivity index (χ0v) is 9.12. The highest BCUT2D eigenvalue weighted by atomic mass is 16.5. The highest BCUT2D eigenvalue weighted by molar-refractivity contribution is 5.56. The van der Waals surface area contributed by atoms with E-state index in [0.29, 0.717) is 6.61 Å². The number of benzene rings is 1. The lowest BCUT2D eigenvalue weighted by atomic mass is 10.2. The van der Waals surface area contributed by atoms with Gasteiger partial charge in [-0.15, -0.1) is 12.3 Å². The van der Waals surface area contributed by atoms with E-state index in [-0.39, 0.29) is 0 Å². The molecule has 0 saturated heterocycles. The maximum atomic E-state index is 5.49. The van der Waals surface area contributed by atoms with Gasteiger partial charge in [0.25, 0.3) is 0 Å². The maximum absolute atomic E-state index is 5.49. The quantitative estimate of drug-likeness (QED) is 0.567. The minimum Gasteiger partial charge on any atom is -0.492 e. The monoisotopic (exact) mass is 203 g/mol. The van der Waals surface area contributed by atoms with E-state index in [0.717, 1.165) is 30.8 Å². The Morgan fingerprint density at radius 1 is 1.40 bits per heavy atom. The van der Waals surface area contributed by atoms with Gasteiger partial charge < -0.3 is 10.1 Å². The molecule has 0 atom stereocenters. The molecule has 80 valence electrons. The number of hydrogen-bond donors (Lipinski definition) is 1. The van der Waals surface area contributed by atoms with Crippen LogP contribution in [0.5, 0.6) is 5.75 Å². The average Bonchev–Trinajstić information content (AvgIpc) is 2.27. The molecular formula is C13H17NO. The van der Waals surface area contributed by atoms with Crippen molar-refractivity contribution in [1.29, 1.82) is 0 Å². The van der Waals surface area contributed by atoms with Crippen LogP contribution in [0.4, 0.5) is 5.69 Å². The van der Waals surface area contributed by atoms with Gasteiger partial charge in [-0.05, 0) is 25.5 Å². The molecule has 0 aromatic heterocycles. The van der Waals surface area contributed by atoms with E-state index >= 15 is 0 Å². The average molecular weight is 203 g/mol. The minimum absolute atomic E-state index is 0.684. The van der Waals surface area contributed by atoms with Crippen molar-refractivity contribution in [3.05, 3.63) is 24.3 Å². The molecule has 0 spiro atoms. The summed E-state index contributed by atoms with van der Waals surface area (Å²) in [6.07, 6.45) is 6.98. The van der Waals surface area contributed by atoms with Crippen LogP contribution in [-0.2, 0) is 0 Å². The van der Waals surface area contributed by atoms with Crippen LogP contribution in [0.2, 0.25) is 0 Å². The van der Waals surface area contributed by atoms with Gasteiger partial charge in [-0.3, -0.25) is 0 Å². The van der Waals surface area contributed by atoms with Crippen LogP contribution in [0.25, 0.3) is 0 Å². The zero-order chi connectivity index (χ0) is 10.9. The van der Waals surface area contributed by atoms with Gasteiger partial charge in [-0.1, -0.05) is 12.1 Å². The Bertz CT molecular complexity index is 328. The Morgan fingerprint density at radius 2 is 2.20 bits per heavy atom. The molecule has 0 heterocycles. The number of rotatable bonds is 6. The van der Waals surface area contributed by atoms with Crippen molar-refractivity contribution >= 4 is 5.69 Å². The third-order valence-corrected chi connectivity index (χ3v) is 2.00. The van der Waals surface area contributed by atoms with Crippen LogP contribution < -0.4 is 10.1 Å². The fraction of sp³-hybridized carbons (Fsp3) is 0.385. The number of hydrogen-bond acceptors (Lipinski definition) is 2. The fourth-order valence-corrected chi connectivity index (χ4v) is 1.31. The molecule has 1 rings (SSSR count).